The van der Waals surface area contributed by atoms with Gasteiger partial charge in [0.15, 0.2) is 0 Å². The van der Waals surface area contributed by atoms with Crippen molar-refractivity contribution in [3.63, 3.8) is 0 Å². The lowest BCUT2D eigenvalue weighted by molar-refractivity contribution is 0.0322. The van der Waals surface area contributed by atoms with Gasteiger partial charge in [0.1, 0.15) is 0 Å². The van der Waals surface area contributed by atoms with Crippen LogP contribution in [-0.2, 0) is 22.9 Å². The third kappa shape index (κ3) is 5.44. The monoisotopic (exact) mass is 296 g/mol. The van der Waals surface area contributed by atoms with Crippen LogP contribution in [0.2, 0.25) is 0 Å². The van der Waals surface area contributed by atoms with Crippen LogP contribution in [0.4, 0.5) is 0 Å². The summed E-state index contributed by atoms with van der Waals surface area (Å²) in [6.07, 6.45) is 0. The molecule has 2 aromatic carbocycles. The molecule has 0 radical (unpaired) electrons. The minimum absolute atomic E-state index is 0.442. The Morgan fingerprint density at radius 3 is 1.41 bits per heavy atom. The lowest BCUT2D eigenvalue weighted by Crippen LogP contribution is -2.22. The average molecular weight is 296 g/mol. The fraction of sp³-hybridized carbons (Fsp3) is 0.111. The molecule has 0 bridgehead atoms. The molecular formula is C18H20N2O2. The van der Waals surface area contributed by atoms with Gasteiger partial charge in [0.25, 0.3) is 0 Å². The average Bonchev–Trinajstić information content (AvgIpc) is 2.56. The molecule has 22 heavy (non-hydrogen) atoms. The third-order valence-corrected chi connectivity index (χ3v) is 2.92. The molecule has 0 spiro atoms. The second-order valence-electron chi connectivity index (χ2n) is 4.71. The first-order valence-corrected chi connectivity index (χ1v) is 6.97. The summed E-state index contributed by atoms with van der Waals surface area (Å²) in [4.78, 5) is 10.7. The van der Waals surface area contributed by atoms with Gasteiger partial charge in [-0.1, -0.05) is 73.8 Å². The fourth-order valence-corrected chi connectivity index (χ4v) is 1.68. The van der Waals surface area contributed by atoms with Crippen LogP contribution < -0.4 is 11.0 Å². The number of hydrogen-bond acceptors (Lipinski definition) is 4. The van der Waals surface area contributed by atoms with Gasteiger partial charge < -0.3 is 0 Å². The van der Waals surface area contributed by atoms with E-state index >= 15 is 0 Å². The standard InChI is InChI=1S/C18H20N2O2/c1-15(19-21-13-17-9-5-3-6-10-17)16(2)20-22-14-18-11-7-4-8-12-18/h3-12,19-20H,1-2,13-14H2. The summed E-state index contributed by atoms with van der Waals surface area (Å²) in [5.41, 5.74) is 8.66. The first-order valence-electron chi connectivity index (χ1n) is 6.97. The molecule has 0 aliphatic heterocycles. The maximum Gasteiger partial charge on any atom is 0.0996 e. The van der Waals surface area contributed by atoms with Crippen molar-refractivity contribution >= 4 is 0 Å². The van der Waals surface area contributed by atoms with E-state index in [0.717, 1.165) is 11.1 Å². The lowest BCUT2D eigenvalue weighted by Gasteiger charge is -2.14. The van der Waals surface area contributed by atoms with E-state index < -0.39 is 0 Å². The summed E-state index contributed by atoms with van der Waals surface area (Å²) in [7, 11) is 0. The van der Waals surface area contributed by atoms with E-state index in [1.165, 1.54) is 0 Å². The first kappa shape index (κ1) is 15.8. The van der Waals surface area contributed by atoms with Crippen LogP contribution in [0, 0.1) is 0 Å². The number of rotatable bonds is 9. The van der Waals surface area contributed by atoms with Crippen LogP contribution in [-0.4, -0.2) is 0 Å². The minimum Gasteiger partial charge on any atom is -0.271 e. The molecule has 0 aliphatic carbocycles. The molecular weight excluding hydrogens is 276 g/mol. The van der Waals surface area contributed by atoms with Crippen molar-refractivity contribution in [2.75, 3.05) is 0 Å². The highest BCUT2D eigenvalue weighted by molar-refractivity contribution is 5.19. The Morgan fingerprint density at radius 1 is 0.682 bits per heavy atom. The van der Waals surface area contributed by atoms with E-state index in [1.807, 2.05) is 60.7 Å². The number of hydrogen-bond donors (Lipinski definition) is 2. The summed E-state index contributed by atoms with van der Waals surface area (Å²) in [6.45, 7) is 8.55. The van der Waals surface area contributed by atoms with Gasteiger partial charge in [-0.2, -0.15) is 0 Å². The summed E-state index contributed by atoms with van der Waals surface area (Å²) in [6, 6.07) is 19.7. The van der Waals surface area contributed by atoms with Crippen LogP contribution in [0.1, 0.15) is 11.1 Å². The van der Waals surface area contributed by atoms with Crippen LogP contribution in [0.3, 0.4) is 0 Å². The summed E-state index contributed by atoms with van der Waals surface area (Å²) < 4.78 is 0. The van der Waals surface area contributed by atoms with Crippen molar-refractivity contribution in [2.45, 2.75) is 13.2 Å². The van der Waals surface area contributed by atoms with Gasteiger partial charge >= 0.3 is 0 Å². The second-order valence-corrected chi connectivity index (χ2v) is 4.71. The smallest absolute Gasteiger partial charge is 0.0996 e. The molecule has 2 aromatic rings. The van der Waals surface area contributed by atoms with Gasteiger partial charge in [-0.25, -0.2) is 0 Å². The molecule has 2 rings (SSSR count). The predicted octanol–water partition coefficient (Wildman–Crippen LogP) is 3.46. The highest BCUT2D eigenvalue weighted by Gasteiger charge is 2.00. The minimum atomic E-state index is 0.442. The molecule has 0 aliphatic rings. The van der Waals surface area contributed by atoms with E-state index in [1.54, 1.807) is 0 Å². The summed E-state index contributed by atoms with van der Waals surface area (Å²) in [5, 5.41) is 0. The molecule has 0 unspecified atom stereocenters. The van der Waals surface area contributed by atoms with Crippen molar-refractivity contribution in [3.8, 4) is 0 Å². The summed E-state index contributed by atoms with van der Waals surface area (Å²) >= 11 is 0. The fourth-order valence-electron chi connectivity index (χ4n) is 1.68. The molecule has 4 heteroatoms. The quantitative estimate of drug-likeness (QED) is 0.549. The Hall–Kier alpha value is -2.56. The summed E-state index contributed by atoms with van der Waals surface area (Å²) in [5.74, 6) is 0. The zero-order chi connectivity index (χ0) is 15.6. The Labute approximate surface area is 131 Å². The molecule has 0 atom stereocenters. The molecule has 0 aromatic heterocycles. The van der Waals surface area contributed by atoms with Gasteiger partial charge in [-0.3, -0.25) is 20.6 Å². The van der Waals surface area contributed by atoms with Crippen molar-refractivity contribution in [3.05, 3.63) is 96.3 Å². The zero-order valence-corrected chi connectivity index (χ0v) is 12.4. The zero-order valence-electron chi connectivity index (χ0n) is 12.4. The van der Waals surface area contributed by atoms with Crippen LogP contribution in [0.5, 0.6) is 0 Å². The molecule has 4 nitrogen and oxygen atoms in total. The van der Waals surface area contributed by atoms with E-state index in [9.17, 15) is 0 Å². The molecule has 0 heterocycles. The topological polar surface area (TPSA) is 42.5 Å². The number of nitrogens with one attached hydrogen (secondary N) is 2. The lowest BCUT2D eigenvalue weighted by atomic mass is 10.2. The molecule has 0 fully saturated rings. The van der Waals surface area contributed by atoms with Gasteiger partial charge in [0.05, 0.1) is 24.6 Å². The van der Waals surface area contributed by atoms with E-state index in [0.29, 0.717) is 24.6 Å². The SMILES string of the molecule is C=C(NOCc1ccccc1)C(=C)NOCc1ccccc1. The van der Waals surface area contributed by atoms with Crippen LogP contribution >= 0.6 is 0 Å². The van der Waals surface area contributed by atoms with Gasteiger partial charge in [0, 0.05) is 0 Å². The van der Waals surface area contributed by atoms with Crippen molar-refractivity contribution in [1.29, 1.82) is 0 Å². The van der Waals surface area contributed by atoms with Gasteiger partial charge in [-0.15, -0.1) is 0 Å². The van der Waals surface area contributed by atoms with Crippen molar-refractivity contribution in [1.82, 2.24) is 11.0 Å². The molecule has 2 N–H and O–H groups in total. The third-order valence-electron chi connectivity index (χ3n) is 2.92. The van der Waals surface area contributed by atoms with E-state index in [2.05, 4.69) is 24.1 Å². The van der Waals surface area contributed by atoms with Crippen molar-refractivity contribution in [2.24, 2.45) is 0 Å². The maximum absolute atomic E-state index is 5.36. The molecule has 0 saturated heterocycles. The number of hydroxylamine groups is 2. The Kier molecular flexibility index (Phi) is 6.23. The predicted molar refractivity (Wildman–Crippen MR) is 87.0 cm³/mol. The maximum atomic E-state index is 5.36. The highest BCUT2D eigenvalue weighted by atomic mass is 16.7. The number of benzene rings is 2. The van der Waals surface area contributed by atoms with Crippen molar-refractivity contribution < 1.29 is 9.68 Å². The normalized spacial score (nSPS) is 10.0. The van der Waals surface area contributed by atoms with Crippen LogP contribution in [0.25, 0.3) is 0 Å². The van der Waals surface area contributed by atoms with Gasteiger partial charge in [-0.05, 0) is 11.1 Å². The Morgan fingerprint density at radius 2 is 1.05 bits per heavy atom. The highest BCUT2D eigenvalue weighted by Crippen LogP contribution is 2.04. The largest absolute Gasteiger partial charge is 0.271 e. The first-order chi connectivity index (χ1) is 10.8. The second kappa shape index (κ2) is 8.67. The molecule has 0 amide bonds. The molecule has 114 valence electrons. The Balaban J connectivity index is 1.63. The van der Waals surface area contributed by atoms with Crippen LogP contribution in [0.15, 0.2) is 85.2 Å². The Bertz CT molecular complexity index is 541. The van der Waals surface area contributed by atoms with Gasteiger partial charge in [0.2, 0.25) is 0 Å². The molecule has 0 saturated carbocycles. The van der Waals surface area contributed by atoms with E-state index in [4.69, 9.17) is 9.68 Å². The van der Waals surface area contributed by atoms with E-state index in [-0.39, 0.29) is 0 Å².